The molecule has 0 radical (unpaired) electrons. The van der Waals surface area contributed by atoms with Crippen LogP contribution in [-0.4, -0.2) is 40.7 Å². The van der Waals surface area contributed by atoms with Gasteiger partial charge in [0.05, 0.1) is 23.7 Å². The van der Waals surface area contributed by atoms with Crippen LogP contribution in [0.25, 0.3) is 16.8 Å². The lowest BCUT2D eigenvalue weighted by Gasteiger charge is -2.33. The molecule has 0 unspecified atom stereocenters. The number of piperidine rings is 1. The topological polar surface area (TPSA) is 71.8 Å². The molecule has 0 saturated carbocycles. The number of halogens is 2. The molecule has 9 heteroatoms. The summed E-state index contributed by atoms with van der Waals surface area (Å²) in [5, 5.41) is 7.74. The SMILES string of the molecule is COc1cccc(-c2cc3c(N4CCC[C@H](C(=O)NCc5ccc(F)c(Cl)c5)C4)nccn3n2)c1. The van der Waals surface area contributed by atoms with Crippen molar-refractivity contribution in [1.82, 2.24) is 19.9 Å². The quantitative estimate of drug-likeness (QED) is 0.420. The second-order valence-corrected chi connectivity index (χ2v) is 9.00. The fraction of sp³-hybridized carbons (Fsp3) is 0.269. The van der Waals surface area contributed by atoms with E-state index in [4.69, 9.17) is 21.4 Å². The summed E-state index contributed by atoms with van der Waals surface area (Å²) in [6, 6.07) is 14.3. The molecule has 180 valence electrons. The minimum Gasteiger partial charge on any atom is -0.497 e. The van der Waals surface area contributed by atoms with Gasteiger partial charge in [-0.25, -0.2) is 13.9 Å². The van der Waals surface area contributed by atoms with Crippen LogP contribution in [0.1, 0.15) is 18.4 Å². The molecule has 1 aliphatic rings. The van der Waals surface area contributed by atoms with Gasteiger partial charge in [0.2, 0.25) is 5.91 Å². The van der Waals surface area contributed by atoms with Gasteiger partial charge in [0, 0.05) is 37.6 Å². The number of benzene rings is 2. The number of anilines is 1. The highest BCUT2D eigenvalue weighted by atomic mass is 35.5. The highest BCUT2D eigenvalue weighted by Crippen LogP contribution is 2.29. The highest BCUT2D eigenvalue weighted by Gasteiger charge is 2.28. The number of methoxy groups -OCH3 is 1. The van der Waals surface area contributed by atoms with E-state index in [0.717, 1.165) is 53.3 Å². The molecule has 0 spiro atoms. The van der Waals surface area contributed by atoms with Crippen LogP contribution < -0.4 is 15.0 Å². The van der Waals surface area contributed by atoms with E-state index in [1.165, 1.54) is 12.1 Å². The Morgan fingerprint density at radius 1 is 1.26 bits per heavy atom. The fourth-order valence-electron chi connectivity index (χ4n) is 4.44. The Morgan fingerprint density at radius 2 is 2.14 bits per heavy atom. The third-order valence-electron chi connectivity index (χ3n) is 6.28. The van der Waals surface area contributed by atoms with E-state index < -0.39 is 5.82 Å². The smallest absolute Gasteiger partial charge is 0.225 e. The molecule has 4 aromatic rings. The van der Waals surface area contributed by atoms with Gasteiger partial charge in [0.15, 0.2) is 5.82 Å². The van der Waals surface area contributed by atoms with Gasteiger partial charge in [0.1, 0.15) is 17.1 Å². The zero-order valence-corrected chi connectivity index (χ0v) is 20.0. The lowest BCUT2D eigenvalue weighted by atomic mass is 9.97. The molecule has 5 rings (SSSR count). The molecule has 1 atom stereocenters. The van der Waals surface area contributed by atoms with E-state index in [-0.39, 0.29) is 16.8 Å². The van der Waals surface area contributed by atoms with E-state index in [2.05, 4.69) is 15.2 Å². The number of fused-ring (bicyclic) bond motifs is 1. The molecule has 0 bridgehead atoms. The van der Waals surface area contributed by atoms with Crippen LogP contribution in [0.15, 0.2) is 60.9 Å². The van der Waals surface area contributed by atoms with Crippen LogP contribution in [-0.2, 0) is 11.3 Å². The molecule has 3 heterocycles. The molecule has 0 aliphatic carbocycles. The Bertz CT molecular complexity index is 1380. The van der Waals surface area contributed by atoms with Crippen molar-refractivity contribution in [1.29, 1.82) is 0 Å². The number of nitrogens with zero attached hydrogens (tertiary/aromatic N) is 4. The zero-order chi connectivity index (χ0) is 24.4. The number of ether oxygens (including phenoxy) is 1. The van der Waals surface area contributed by atoms with Gasteiger partial charge in [-0.3, -0.25) is 4.79 Å². The average Bonchev–Trinajstić information content (AvgIpc) is 3.34. The number of carbonyl (C=O) groups excluding carboxylic acids is 1. The second-order valence-electron chi connectivity index (χ2n) is 8.59. The number of hydrogen-bond donors (Lipinski definition) is 1. The predicted molar refractivity (Wildman–Crippen MR) is 133 cm³/mol. The maximum atomic E-state index is 13.4. The molecule has 1 N–H and O–H groups in total. The summed E-state index contributed by atoms with van der Waals surface area (Å²) in [5.41, 5.74) is 3.42. The Kier molecular flexibility index (Phi) is 6.55. The molecular formula is C26H25ClFN5O2. The first-order valence-corrected chi connectivity index (χ1v) is 11.8. The van der Waals surface area contributed by atoms with Gasteiger partial charge >= 0.3 is 0 Å². The van der Waals surface area contributed by atoms with Crippen molar-refractivity contribution in [3.63, 3.8) is 0 Å². The van der Waals surface area contributed by atoms with E-state index in [1.54, 1.807) is 19.4 Å². The molecule has 1 aliphatic heterocycles. The molecule has 2 aromatic carbocycles. The molecule has 7 nitrogen and oxygen atoms in total. The zero-order valence-electron chi connectivity index (χ0n) is 19.2. The summed E-state index contributed by atoms with van der Waals surface area (Å²) >= 11 is 5.85. The number of carbonyl (C=O) groups is 1. The first-order chi connectivity index (χ1) is 17.0. The monoisotopic (exact) mass is 493 g/mol. The summed E-state index contributed by atoms with van der Waals surface area (Å²) in [4.78, 5) is 19.7. The summed E-state index contributed by atoms with van der Waals surface area (Å²) in [6.45, 7) is 1.67. The maximum Gasteiger partial charge on any atom is 0.225 e. The van der Waals surface area contributed by atoms with Gasteiger partial charge in [-0.05, 0) is 48.7 Å². The first-order valence-electron chi connectivity index (χ1n) is 11.5. The first kappa shape index (κ1) is 23.1. The largest absolute Gasteiger partial charge is 0.497 e. The average molecular weight is 494 g/mol. The summed E-state index contributed by atoms with van der Waals surface area (Å²) in [5.74, 6) is 0.888. The number of rotatable bonds is 6. The van der Waals surface area contributed by atoms with Gasteiger partial charge in [-0.15, -0.1) is 0 Å². The van der Waals surface area contributed by atoms with E-state index in [1.807, 2.05) is 41.0 Å². The van der Waals surface area contributed by atoms with Crippen LogP contribution in [0.5, 0.6) is 5.75 Å². The summed E-state index contributed by atoms with van der Waals surface area (Å²) in [6.07, 6.45) is 5.22. The Morgan fingerprint density at radius 3 is 2.97 bits per heavy atom. The van der Waals surface area contributed by atoms with Gasteiger partial charge in [-0.2, -0.15) is 5.10 Å². The van der Waals surface area contributed by atoms with Gasteiger partial charge in [-0.1, -0.05) is 29.8 Å². The van der Waals surface area contributed by atoms with Crippen LogP contribution in [0.3, 0.4) is 0 Å². The molecule has 1 amide bonds. The van der Waals surface area contributed by atoms with Crippen LogP contribution in [0.2, 0.25) is 5.02 Å². The Hall–Kier alpha value is -3.65. The van der Waals surface area contributed by atoms with E-state index in [0.29, 0.717) is 13.1 Å². The Balaban J connectivity index is 1.32. The van der Waals surface area contributed by atoms with Crippen molar-refractivity contribution in [2.24, 2.45) is 5.92 Å². The van der Waals surface area contributed by atoms with Crippen molar-refractivity contribution in [3.05, 3.63) is 77.3 Å². The third-order valence-corrected chi connectivity index (χ3v) is 6.57. The molecule has 1 fully saturated rings. The number of aromatic nitrogens is 3. The lowest BCUT2D eigenvalue weighted by Crippen LogP contribution is -2.43. The second kappa shape index (κ2) is 9.92. The number of hydrogen-bond acceptors (Lipinski definition) is 5. The summed E-state index contributed by atoms with van der Waals surface area (Å²) < 4.78 is 20.6. The lowest BCUT2D eigenvalue weighted by molar-refractivity contribution is -0.125. The number of nitrogens with one attached hydrogen (secondary N) is 1. The van der Waals surface area contributed by atoms with Gasteiger partial charge < -0.3 is 15.0 Å². The third kappa shape index (κ3) is 4.93. The minimum atomic E-state index is -0.472. The van der Waals surface area contributed by atoms with Crippen molar-refractivity contribution >= 4 is 28.8 Å². The van der Waals surface area contributed by atoms with Gasteiger partial charge in [0.25, 0.3) is 0 Å². The maximum absolute atomic E-state index is 13.4. The van der Waals surface area contributed by atoms with Crippen LogP contribution in [0, 0.1) is 11.7 Å². The summed E-state index contributed by atoms with van der Waals surface area (Å²) in [7, 11) is 1.64. The fourth-order valence-corrected chi connectivity index (χ4v) is 4.65. The minimum absolute atomic E-state index is 0.0346. The Labute approximate surface area is 207 Å². The highest BCUT2D eigenvalue weighted by molar-refractivity contribution is 6.30. The van der Waals surface area contributed by atoms with Crippen molar-refractivity contribution in [2.75, 3.05) is 25.1 Å². The standard InChI is InChI=1S/C26H25ClFN5O2/c1-35-20-6-2-4-18(13-20)23-14-24-25(29-9-11-33(24)31-23)32-10-3-5-19(16-32)26(34)30-15-17-7-8-22(28)21(27)12-17/h2,4,6-9,11-14,19H,3,5,10,15-16H2,1H3,(H,30,34)/t19-/m0/s1. The van der Waals surface area contributed by atoms with E-state index >= 15 is 0 Å². The molecule has 35 heavy (non-hydrogen) atoms. The predicted octanol–water partition coefficient (Wildman–Crippen LogP) is 4.73. The van der Waals surface area contributed by atoms with Crippen molar-refractivity contribution < 1.29 is 13.9 Å². The molecule has 1 saturated heterocycles. The van der Waals surface area contributed by atoms with E-state index in [9.17, 15) is 9.18 Å². The van der Waals surface area contributed by atoms with Crippen molar-refractivity contribution in [2.45, 2.75) is 19.4 Å². The van der Waals surface area contributed by atoms with Crippen LogP contribution in [0.4, 0.5) is 10.2 Å². The molecule has 2 aromatic heterocycles. The molecular weight excluding hydrogens is 469 g/mol. The number of amides is 1. The normalized spacial score (nSPS) is 15.9. The van der Waals surface area contributed by atoms with Crippen molar-refractivity contribution in [3.8, 4) is 17.0 Å². The van der Waals surface area contributed by atoms with Crippen LogP contribution >= 0.6 is 11.6 Å².